The van der Waals surface area contributed by atoms with Crippen LogP contribution in [0.25, 0.3) is 0 Å². The van der Waals surface area contributed by atoms with Crippen LogP contribution in [0.4, 0.5) is 23.2 Å². The molecule has 0 aliphatic carbocycles. The summed E-state index contributed by atoms with van der Waals surface area (Å²) in [6, 6.07) is 2.20. The van der Waals surface area contributed by atoms with Gasteiger partial charge in [0.15, 0.2) is 0 Å². The van der Waals surface area contributed by atoms with Crippen LogP contribution in [-0.2, 0) is 9.59 Å². The first-order valence-corrected chi connectivity index (χ1v) is 5.76. The number of benzene rings is 1. The van der Waals surface area contributed by atoms with E-state index in [-0.39, 0.29) is 13.0 Å². The highest BCUT2D eigenvalue weighted by Crippen LogP contribution is 2.32. The lowest BCUT2D eigenvalue weighted by atomic mass is 10.1. The Labute approximate surface area is 115 Å². The maximum Gasteiger partial charge on any atom is 0.573 e. The zero-order chi connectivity index (χ0) is 15.8. The van der Waals surface area contributed by atoms with Crippen molar-refractivity contribution in [2.24, 2.45) is 5.92 Å². The number of ether oxygens (including phenoxy) is 1. The summed E-state index contributed by atoms with van der Waals surface area (Å²) in [6.07, 6.45) is -5.28. The molecule has 1 saturated heterocycles. The smallest absolute Gasteiger partial charge is 0.481 e. The molecule has 114 valence electrons. The number of aliphatic carboxylic acids is 1. The van der Waals surface area contributed by atoms with Crippen molar-refractivity contribution < 1.29 is 37.0 Å². The Morgan fingerprint density at radius 1 is 1.38 bits per heavy atom. The molecule has 1 atom stereocenters. The van der Waals surface area contributed by atoms with Gasteiger partial charge < -0.3 is 14.7 Å². The second-order valence-electron chi connectivity index (χ2n) is 4.40. The topological polar surface area (TPSA) is 66.8 Å². The number of hydrogen-bond donors (Lipinski definition) is 1. The van der Waals surface area contributed by atoms with Gasteiger partial charge in [-0.25, -0.2) is 4.39 Å². The number of rotatable bonds is 3. The highest BCUT2D eigenvalue weighted by Gasteiger charge is 2.37. The number of amides is 1. The third kappa shape index (κ3) is 3.41. The summed E-state index contributed by atoms with van der Waals surface area (Å²) in [6.45, 7) is -0.305. The number of carboxylic acid groups (broad SMARTS) is 1. The Hall–Kier alpha value is -2.32. The van der Waals surface area contributed by atoms with Gasteiger partial charge in [0.1, 0.15) is 11.6 Å². The molecule has 1 fully saturated rings. The van der Waals surface area contributed by atoms with Gasteiger partial charge >= 0.3 is 12.3 Å². The molecule has 0 spiro atoms. The zero-order valence-electron chi connectivity index (χ0n) is 10.4. The molecule has 1 aliphatic rings. The number of nitrogens with zero attached hydrogens (tertiary/aromatic N) is 1. The van der Waals surface area contributed by atoms with Gasteiger partial charge in [-0.2, -0.15) is 0 Å². The Bertz CT molecular complexity index is 587. The molecule has 1 heterocycles. The highest BCUT2D eigenvalue weighted by molar-refractivity contribution is 5.99. The minimum atomic E-state index is -4.95. The first kappa shape index (κ1) is 15.1. The first-order chi connectivity index (χ1) is 9.67. The first-order valence-electron chi connectivity index (χ1n) is 5.76. The number of halogens is 4. The lowest BCUT2D eigenvalue weighted by molar-refractivity contribution is -0.274. The van der Waals surface area contributed by atoms with E-state index < -0.39 is 41.4 Å². The largest absolute Gasteiger partial charge is 0.573 e. The number of hydrogen-bond acceptors (Lipinski definition) is 3. The lowest BCUT2D eigenvalue weighted by Gasteiger charge is -2.18. The molecule has 1 aliphatic heterocycles. The molecular weight excluding hydrogens is 298 g/mol. The predicted molar refractivity (Wildman–Crippen MR) is 61.2 cm³/mol. The van der Waals surface area contributed by atoms with E-state index >= 15 is 0 Å². The maximum absolute atomic E-state index is 13.7. The van der Waals surface area contributed by atoms with Gasteiger partial charge in [0.25, 0.3) is 0 Å². The standard InChI is InChI=1S/C12H9F4NO4/c13-8-2-1-7(21-12(14,15)16)4-9(8)17-5-6(11(19)20)3-10(17)18/h1-2,4,6H,3,5H2,(H,19,20). The average molecular weight is 307 g/mol. The molecule has 2 rings (SSSR count). The van der Waals surface area contributed by atoms with Crippen molar-refractivity contribution in [1.82, 2.24) is 0 Å². The quantitative estimate of drug-likeness (QED) is 0.869. The fourth-order valence-corrected chi connectivity index (χ4v) is 2.00. The van der Waals surface area contributed by atoms with E-state index in [0.29, 0.717) is 6.07 Å². The Morgan fingerprint density at radius 3 is 2.57 bits per heavy atom. The van der Waals surface area contributed by atoms with Crippen LogP contribution < -0.4 is 9.64 Å². The predicted octanol–water partition coefficient (Wildman–Crippen LogP) is 2.16. The van der Waals surface area contributed by atoms with Crippen molar-refractivity contribution in [2.75, 3.05) is 11.4 Å². The Balaban J connectivity index is 2.29. The molecule has 1 unspecified atom stereocenters. The molecule has 1 aromatic rings. The summed E-state index contributed by atoms with van der Waals surface area (Å²) >= 11 is 0. The van der Waals surface area contributed by atoms with Crippen LogP contribution in [0, 0.1) is 11.7 Å². The highest BCUT2D eigenvalue weighted by atomic mass is 19.4. The number of carbonyl (C=O) groups excluding carboxylic acids is 1. The van der Waals surface area contributed by atoms with Crippen molar-refractivity contribution in [3.05, 3.63) is 24.0 Å². The van der Waals surface area contributed by atoms with E-state index in [1.807, 2.05) is 0 Å². The monoisotopic (exact) mass is 307 g/mol. The summed E-state index contributed by atoms with van der Waals surface area (Å²) in [5.41, 5.74) is -0.439. The van der Waals surface area contributed by atoms with Gasteiger partial charge in [-0.3, -0.25) is 9.59 Å². The normalized spacial score (nSPS) is 19.0. The summed E-state index contributed by atoms with van der Waals surface area (Å²) in [7, 11) is 0. The molecule has 1 N–H and O–H groups in total. The fraction of sp³-hybridized carbons (Fsp3) is 0.333. The lowest BCUT2D eigenvalue weighted by Crippen LogP contribution is -2.27. The molecule has 21 heavy (non-hydrogen) atoms. The Morgan fingerprint density at radius 2 is 2.05 bits per heavy atom. The van der Waals surface area contributed by atoms with Crippen molar-refractivity contribution in [3.8, 4) is 5.75 Å². The van der Waals surface area contributed by atoms with Gasteiger partial charge in [0.2, 0.25) is 5.91 Å². The van der Waals surface area contributed by atoms with Crippen molar-refractivity contribution in [1.29, 1.82) is 0 Å². The number of anilines is 1. The molecule has 9 heteroatoms. The zero-order valence-corrected chi connectivity index (χ0v) is 10.4. The minimum Gasteiger partial charge on any atom is -0.481 e. The van der Waals surface area contributed by atoms with Crippen LogP contribution in [0.15, 0.2) is 18.2 Å². The van der Waals surface area contributed by atoms with Crippen LogP contribution >= 0.6 is 0 Å². The molecule has 1 amide bonds. The Kier molecular flexibility index (Phi) is 3.75. The van der Waals surface area contributed by atoms with Crippen molar-refractivity contribution in [2.45, 2.75) is 12.8 Å². The van der Waals surface area contributed by atoms with Gasteiger partial charge in [-0.1, -0.05) is 0 Å². The fourth-order valence-electron chi connectivity index (χ4n) is 2.00. The number of alkyl halides is 3. The third-order valence-corrected chi connectivity index (χ3v) is 2.92. The van der Waals surface area contributed by atoms with E-state index in [9.17, 15) is 27.2 Å². The summed E-state index contributed by atoms with van der Waals surface area (Å²) < 4.78 is 53.7. The van der Waals surface area contributed by atoms with E-state index in [2.05, 4.69) is 4.74 Å². The van der Waals surface area contributed by atoms with E-state index in [4.69, 9.17) is 5.11 Å². The van der Waals surface area contributed by atoms with Crippen LogP contribution in [-0.4, -0.2) is 29.9 Å². The maximum atomic E-state index is 13.7. The molecule has 5 nitrogen and oxygen atoms in total. The summed E-state index contributed by atoms with van der Waals surface area (Å²) in [5.74, 6) is -4.56. The molecule has 0 saturated carbocycles. The summed E-state index contributed by atoms with van der Waals surface area (Å²) in [4.78, 5) is 23.3. The second kappa shape index (κ2) is 5.23. The van der Waals surface area contributed by atoms with E-state index in [1.54, 1.807) is 0 Å². The van der Waals surface area contributed by atoms with Crippen molar-refractivity contribution in [3.63, 3.8) is 0 Å². The van der Waals surface area contributed by atoms with Crippen LogP contribution in [0.2, 0.25) is 0 Å². The van der Waals surface area contributed by atoms with Crippen LogP contribution in [0.5, 0.6) is 5.75 Å². The third-order valence-electron chi connectivity index (χ3n) is 2.92. The molecule has 0 radical (unpaired) electrons. The van der Waals surface area contributed by atoms with E-state index in [0.717, 1.165) is 17.0 Å². The summed E-state index contributed by atoms with van der Waals surface area (Å²) in [5, 5.41) is 8.83. The SMILES string of the molecule is O=C(O)C1CC(=O)N(c2cc(OC(F)(F)F)ccc2F)C1. The molecule has 0 bridgehead atoms. The van der Waals surface area contributed by atoms with Gasteiger partial charge in [-0.05, 0) is 12.1 Å². The second-order valence-corrected chi connectivity index (χ2v) is 4.40. The van der Waals surface area contributed by atoms with Gasteiger partial charge in [-0.15, -0.1) is 13.2 Å². The van der Waals surface area contributed by atoms with Crippen LogP contribution in [0.1, 0.15) is 6.42 Å². The van der Waals surface area contributed by atoms with Crippen molar-refractivity contribution >= 4 is 17.6 Å². The molecule has 1 aromatic carbocycles. The number of carboxylic acids is 1. The molecule has 0 aromatic heterocycles. The van der Waals surface area contributed by atoms with Gasteiger partial charge in [0.05, 0.1) is 11.6 Å². The van der Waals surface area contributed by atoms with Crippen LogP contribution in [0.3, 0.4) is 0 Å². The molecular formula is C12H9F4NO4. The number of carbonyl (C=O) groups is 2. The minimum absolute atomic E-state index is 0.305. The van der Waals surface area contributed by atoms with Gasteiger partial charge in [0, 0.05) is 19.0 Å². The van der Waals surface area contributed by atoms with E-state index in [1.165, 1.54) is 0 Å². The average Bonchev–Trinajstić information content (AvgIpc) is 2.72.